The lowest BCUT2D eigenvalue weighted by atomic mass is 10.1. The van der Waals surface area contributed by atoms with E-state index in [0.717, 1.165) is 38.7 Å². The Morgan fingerprint density at radius 1 is 0.941 bits per heavy atom. The number of anilines is 1. The highest BCUT2D eigenvalue weighted by Gasteiger charge is 2.24. The van der Waals surface area contributed by atoms with Gasteiger partial charge in [-0.3, -0.25) is 9.59 Å². The van der Waals surface area contributed by atoms with E-state index in [1.165, 1.54) is 0 Å². The Morgan fingerprint density at radius 2 is 1.68 bits per heavy atom. The number of carbonyl (C=O) groups is 2. The Kier molecular flexibility index (Phi) is 7.97. The SMILES string of the molecule is O=C(Nc1ccccc1C(=O)NCC1CCCO1)c1ccc(CS(=O)(=O)N2CCCCC2)cc1. The third kappa shape index (κ3) is 6.22. The molecule has 0 saturated carbocycles. The minimum atomic E-state index is -3.37. The first kappa shape index (κ1) is 24.4. The van der Waals surface area contributed by atoms with Crippen LogP contribution in [0.25, 0.3) is 0 Å². The van der Waals surface area contributed by atoms with E-state index < -0.39 is 10.0 Å². The van der Waals surface area contributed by atoms with Gasteiger partial charge in [0, 0.05) is 31.8 Å². The van der Waals surface area contributed by atoms with Crippen molar-refractivity contribution in [2.75, 3.05) is 31.6 Å². The summed E-state index contributed by atoms with van der Waals surface area (Å²) in [5.41, 5.74) is 1.80. The molecule has 2 aromatic carbocycles. The second kappa shape index (κ2) is 11.1. The van der Waals surface area contributed by atoms with Crippen molar-refractivity contribution < 1.29 is 22.7 Å². The van der Waals surface area contributed by atoms with Crippen molar-refractivity contribution in [2.24, 2.45) is 0 Å². The van der Waals surface area contributed by atoms with Crippen molar-refractivity contribution in [1.29, 1.82) is 0 Å². The van der Waals surface area contributed by atoms with Gasteiger partial charge in [-0.25, -0.2) is 12.7 Å². The van der Waals surface area contributed by atoms with E-state index in [2.05, 4.69) is 10.6 Å². The summed E-state index contributed by atoms with van der Waals surface area (Å²) < 4.78 is 32.4. The van der Waals surface area contributed by atoms with Gasteiger partial charge in [0.25, 0.3) is 11.8 Å². The monoisotopic (exact) mass is 485 g/mol. The number of hydrogen-bond acceptors (Lipinski definition) is 5. The normalized spacial score (nSPS) is 19.0. The summed E-state index contributed by atoms with van der Waals surface area (Å²) in [6.45, 7) is 2.30. The molecule has 0 aromatic heterocycles. The summed E-state index contributed by atoms with van der Waals surface area (Å²) in [7, 11) is -3.37. The molecule has 34 heavy (non-hydrogen) atoms. The van der Waals surface area contributed by atoms with Crippen LogP contribution in [0.3, 0.4) is 0 Å². The van der Waals surface area contributed by atoms with Gasteiger partial charge in [0.05, 0.1) is 23.1 Å². The maximum absolute atomic E-state index is 12.8. The quantitative estimate of drug-likeness (QED) is 0.598. The van der Waals surface area contributed by atoms with E-state index in [-0.39, 0.29) is 23.7 Å². The second-order valence-electron chi connectivity index (χ2n) is 8.76. The van der Waals surface area contributed by atoms with Crippen LogP contribution in [0.2, 0.25) is 0 Å². The Hall–Kier alpha value is -2.75. The van der Waals surface area contributed by atoms with E-state index in [0.29, 0.717) is 42.0 Å². The van der Waals surface area contributed by atoms with Crippen LogP contribution in [0.4, 0.5) is 5.69 Å². The molecule has 2 aromatic rings. The highest BCUT2D eigenvalue weighted by molar-refractivity contribution is 7.88. The van der Waals surface area contributed by atoms with Gasteiger partial charge in [-0.1, -0.05) is 30.7 Å². The molecule has 2 aliphatic rings. The van der Waals surface area contributed by atoms with Gasteiger partial charge in [0.2, 0.25) is 10.0 Å². The predicted octanol–water partition coefficient (Wildman–Crippen LogP) is 3.16. The van der Waals surface area contributed by atoms with Crippen molar-refractivity contribution in [2.45, 2.75) is 44.0 Å². The van der Waals surface area contributed by atoms with Gasteiger partial charge in [-0.15, -0.1) is 0 Å². The minimum absolute atomic E-state index is 0.0305. The molecule has 2 fully saturated rings. The van der Waals surface area contributed by atoms with Crippen LogP contribution in [0.1, 0.15) is 58.4 Å². The van der Waals surface area contributed by atoms with Gasteiger partial charge < -0.3 is 15.4 Å². The molecule has 8 nitrogen and oxygen atoms in total. The number of nitrogens with one attached hydrogen (secondary N) is 2. The fourth-order valence-electron chi connectivity index (χ4n) is 4.29. The fourth-order valence-corrected chi connectivity index (χ4v) is 5.90. The molecule has 2 aliphatic heterocycles. The van der Waals surface area contributed by atoms with Crippen molar-refractivity contribution in [3.8, 4) is 0 Å². The van der Waals surface area contributed by atoms with E-state index in [4.69, 9.17) is 4.74 Å². The number of benzene rings is 2. The Balaban J connectivity index is 1.37. The topological polar surface area (TPSA) is 105 Å². The maximum atomic E-state index is 12.8. The van der Waals surface area contributed by atoms with Crippen molar-refractivity contribution in [3.63, 3.8) is 0 Å². The molecule has 9 heteroatoms. The average molecular weight is 486 g/mol. The molecular formula is C25H31N3O5S. The third-order valence-corrected chi connectivity index (χ3v) is 8.06. The number of carbonyl (C=O) groups excluding carboxylic acids is 2. The smallest absolute Gasteiger partial charge is 0.255 e. The number of para-hydroxylation sites is 1. The number of nitrogens with zero attached hydrogens (tertiary/aromatic N) is 1. The highest BCUT2D eigenvalue weighted by Crippen LogP contribution is 2.20. The van der Waals surface area contributed by atoms with Crippen molar-refractivity contribution >= 4 is 27.5 Å². The lowest BCUT2D eigenvalue weighted by Crippen LogP contribution is -2.36. The first-order valence-corrected chi connectivity index (χ1v) is 13.4. The van der Waals surface area contributed by atoms with Crippen LogP contribution < -0.4 is 10.6 Å². The number of rotatable bonds is 8. The van der Waals surface area contributed by atoms with Crippen LogP contribution in [-0.2, 0) is 20.5 Å². The number of ether oxygens (including phenoxy) is 1. The van der Waals surface area contributed by atoms with Gasteiger partial charge in [0.15, 0.2) is 0 Å². The second-order valence-corrected chi connectivity index (χ2v) is 10.7. The molecule has 0 radical (unpaired) electrons. The average Bonchev–Trinajstić information content (AvgIpc) is 3.37. The number of piperidine rings is 1. The van der Waals surface area contributed by atoms with E-state index in [1.807, 2.05) is 0 Å². The molecule has 4 rings (SSSR count). The molecular weight excluding hydrogens is 454 g/mol. The summed E-state index contributed by atoms with van der Waals surface area (Å²) in [5.74, 6) is -0.725. The van der Waals surface area contributed by atoms with Crippen LogP contribution in [0, 0.1) is 0 Å². The van der Waals surface area contributed by atoms with Crippen LogP contribution >= 0.6 is 0 Å². The zero-order valence-electron chi connectivity index (χ0n) is 19.2. The predicted molar refractivity (Wildman–Crippen MR) is 130 cm³/mol. The Labute approximate surface area is 200 Å². The molecule has 1 unspecified atom stereocenters. The summed E-state index contributed by atoms with van der Waals surface area (Å²) >= 11 is 0. The number of sulfonamides is 1. The lowest BCUT2D eigenvalue weighted by Gasteiger charge is -2.25. The zero-order valence-corrected chi connectivity index (χ0v) is 20.0. The molecule has 2 amide bonds. The van der Waals surface area contributed by atoms with Gasteiger partial charge in [0.1, 0.15) is 0 Å². The molecule has 0 spiro atoms. The standard InChI is InChI=1S/C25H31N3O5S/c29-24(20-12-10-19(11-13-20)18-34(31,32)28-14-4-1-5-15-28)27-23-9-3-2-8-22(23)25(30)26-17-21-7-6-16-33-21/h2-3,8-13,21H,1,4-7,14-18H2,(H,26,30)(H,27,29). The highest BCUT2D eigenvalue weighted by atomic mass is 32.2. The van der Waals surface area contributed by atoms with E-state index >= 15 is 0 Å². The van der Waals surface area contributed by atoms with E-state index in [1.54, 1.807) is 52.8 Å². The summed E-state index contributed by atoms with van der Waals surface area (Å²) in [4.78, 5) is 25.5. The minimum Gasteiger partial charge on any atom is -0.376 e. The van der Waals surface area contributed by atoms with Crippen molar-refractivity contribution in [3.05, 3.63) is 65.2 Å². The molecule has 0 aliphatic carbocycles. The van der Waals surface area contributed by atoms with Gasteiger partial charge in [-0.2, -0.15) is 0 Å². The molecule has 1 atom stereocenters. The lowest BCUT2D eigenvalue weighted by molar-refractivity contribution is 0.0858. The Bertz CT molecular complexity index is 1110. The largest absolute Gasteiger partial charge is 0.376 e. The number of hydrogen-bond donors (Lipinski definition) is 2. The van der Waals surface area contributed by atoms with Crippen LogP contribution in [0.15, 0.2) is 48.5 Å². The van der Waals surface area contributed by atoms with Crippen LogP contribution in [0.5, 0.6) is 0 Å². The van der Waals surface area contributed by atoms with Crippen LogP contribution in [-0.4, -0.2) is 56.9 Å². The summed E-state index contributed by atoms with van der Waals surface area (Å²) in [6, 6.07) is 13.4. The first-order chi connectivity index (χ1) is 16.4. The molecule has 2 N–H and O–H groups in total. The fraction of sp³-hybridized carbons (Fsp3) is 0.440. The molecule has 2 heterocycles. The Morgan fingerprint density at radius 3 is 2.38 bits per heavy atom. The molecule has 182 valence electrons. The van der Waals surface area contributed by atoms with Gasteiger partial charge >= 0.3 is 0 Å². The molecule has 2 saturated heterocycles. The zero-order chi connectivity index (χ0) is 24.0. The maximum Gasteiger partial charge on any atom is 0.255 e. The van der Waals surface area contributed by atoms with Gasteiger partial charge in [-0.05, 0) is 55.5 Å². The van der Waals surface area contributed by atoms with E-state index in [9.17, 15) is 18.0 Å². The third-order valence-electron chi connectivity index (χ3n) is 6.21. The first-order valence-electron chi connectivity index (χ1n) is 11.8. The number of amides is 2. The van der Waals surface area contributed by atoms with Crippen molar-refractivity contribution in [1.82, 2.24) is 9.62 Å². The molecule has 0 bridgehead atoms. The summed E-state index contributed by atoms with van der Waals surface area (Å²) in [5, 5.41) is 5.67. The summed E-state index contributed by atoms with van der Waals surface area (Å²) in [6.07, 6.45) is 4.81.